The fourth-order valence-electron chi connectivity index (χ4n) is 1.83. The van der Waals surface area contributed by atoms with E-state index in [0.29, 0.717) is 5.56 Å². The van der Waals surface area contributed by atoms with Crippen LogP contribution in [0.1, 0.15) is 15.9 Å². The van der Waals surface area contributed by atoms with Crippen molar-refractivity contribution in [2.75, 3.05) is 10.5 Å². The average molecular weight is 306 g/mol. The van der Waals surface area contributed by atoms with Gasteiger partial charge in [-0.05, 0) is 23.8 Å². The lowest BCUT2D eigenvalue weighted by Gasteiger charge is -2.11. The summed E-state index contributed by atoms with van der Waals surface area (Å²) in [7, 11) is -3.71. The molecule has 110 valence electrons. The Morgan fingerprint density at radius 3 is 2.43 bits per heavy atom. The minimum Gasteiger partial charge on any atom is -0.478 e. The van der Waals surface area contributed by atoms with Crippen LogP contribution in [0, 0.1) is 0 Å². The highest BCUT2D eigenvalue weighted by Crippen LogP contribution is 2.21. The SMILES string of the molecule is Nc1ccc(NS(=O)(=O)Cc2ccccc2)c(C(=O)O)c1. The lowest BCUT2D eigenvalue weighted by molar-refractivity contribution is 0.0698. The van der Waals surface area contributed by atoms with E-state index < -0.39 is 16.0 Å². The zero-order valence-corrected chi connectivity index (χ0v) is 11.8. The molecule has 0 saturated carbocycles. The predicted molar refractivity (Wildman–Crippen MR) is 80.5 cm³/mol. The Labute approximate surface area is 122 Å². The maximum Gasteiger partial charge on any atom is 0.337 e. The summed E-state index contributed by atoms with van der Waals surface area (Å²) in [6, 6.07) is 12.6. The summed E-state index contributed by atoms with van der Waals surface area (Å²) < 4.78 is 26.5. The highest BCUT2D eigenvalue weighted by molar-refractivity contribution is 7.91. The molecule has 7 heteroatoms. The molecule has 0 aliphatic rings. The molecule has 0 aliphatic carbocycles. The van der Waals surface area contributed by atoms with Crippen molar-refractivity contribution in [1.82, 2.24) is 0 Å². The van der Waals surface area contributed by atoms with E-state index in [0.717, 1.165) is 0 Å². The first-order chi connectivity index (χ1) is 9.87. The quantitative estimate of drug-likeness (QED) is 0.731. The molecule has 6 nitrogen and oxygen atoms in total. The lowest BCUT2D eigenvalue weighted by atomic mass is 10.1. The van der Waals surface area contributed by atoms with Crippen LogP contribution in [0.3, 0.4) is 0 Å². The van der Waals surface area contributed by atoms with Gasteiger partial charge in [-0.3, -0.25) is 4.72 Å². The normalized spacial score (nSPS) is 11.0. The van der Waals surface area contributed by atoms with Crippen LogP contribution in [-0.4, -0.2) is 19.5 Å². The van der Waals surface area contributed by atoms with Crippen molar-refractivity contribution in [1.29, 1.82) is 0 Å². The first kappa shape index (κ1) is 14.9. The Balaban J connectivity index is 2.27. The Kier molecular flexibility index (Phi) is 4.13. The van der Waals surface area contributed by atoms with Gasteiger partial charge in [0.05, 0.1) is 17.0 Å². The van der Waals surface area contributed by atoms with Crippen molar-refractivity contribution in [3.05, 3.63) is 59.7 Å². The Bertz CT molecular complexity index is 758. The number of benzene rings is 2. The van der Waals surface area contributed by atoms with Gasteiger partial charge in [-0.25, -0.2) is 13.2 Å². The molecule has 0 bridgehead atoms. The zero-order valence-electron chi connectivity index (χ0n) is 11.0. The Hall–Kier alpha value is -2.54. The second-order valence-corrected chi connectivity index (χ2v) is 6.18. The molecule has 0 aromatic heterocycles. The third kappa shape index (κ3) is 3.96. The molecule has 0 fully saturated rings. The topological polar surface area (TPSA) is 109 Å². The van der Waals surface area contributed by atoms with Crippen LogP contribution < -0.4 is 10.5 Å². The highest BCUT2D eigenvalue weighted by atomic mass is 32.2. The number of carboxylic acid groups (broad SMARTS) is 1. The minimum atomic E-state index is -3.71. The highest BCUT2D eigenvalue weighted by Gasteiger charge is 2.17. The average Bonchev–Trinajstić information content (AvgIpc) is 2.41. The minimum absolute atomic E-state index is 0.00682. The molecule has 0 aliphatic heterocycles. The summed E-state index contributed by atoms with van der Waals surface area (Å²) in [5.41, 5.74) is 6.17. The molecule has 0 amide bonds. The molecule has 0 saturated heterocycles. The van der Waals surface area contributed by atoms with Gasteiger partial charge in [0.1, 0.15) is 0 Å². The summed E-state index contributed by atoms with van der Waals surface area (Å²) in [4.78, 5) is 11.1. The number of nitrogen functional groups attached to an aromatic ring is 1. The molecule has 2 aromatic carbocycles. The van der Waals surface area contributed by atoms with Crippen molar-refractivity contribution >= 4 is 27.4 Å². The maximum absolute atomic E-state index is 12.1. The van der Waals surface area contributed by atoms with Crippen molar-refractivity contribution in [3.8, 4) is 0 Å². The summed E-state index contributed by atoms with van der Waals surface area (Å²) in [6.45, 7) is 0. The van der Waals surface area contributed by atoms with Crippen LogP contribution >= 0.6 is 0 Å². The van der Waals surface area contributed by atoms with Crippen LogP contribution in [0.15, 0.2) is 48.5 Å². The number of carbonyl (C=O) groups is 1. The number of sulfonamides is 1. The van der Waals surface area contributed by atoms with Gasteiger partial charge in [0.15, 0.2) is 0 Å². The van der Waals surface area contributed by atoms with Crippen molar-refractivity contribution in [3.63, 3.8) is 0 Å². The Morgan fingerprint density at radius 2 is 1.81 bits per heavy atom. The number of hydrogen-bond acceptors (Lipinski definition) is 4. The number of rotatable bonds is 5. The van der Waals surface area contributed by atoms with Gasteiger partial charge in [0, 0.05) is 5.69 Å². The van der Waals surface area contributed by atoms with E-state index in [2.05, 4.69) is 4.72 Å². The smallest absolute Gasteiger partial charge is 0.337 e. The molecule has 2 rings (SSSR count). The predicted octanol–water partition coefficient (Wildman–Crippen LogP) is 1.91. The van der Waals surface area contributed by atoms with E-state index in [1.54, 1.807) is 30.3 Å². The molecule has 0 atom stereocenters. The van der Waals surface area contributed by atoms with E-state index in [1.165, 1.54) is 18.2 Å². The zero-order chi connectivity index (χ0) is 15.5. The molecule has 4 N–H and O–H groups in total. The lowest BCUT2D eigenvalue weighted by Crippen LogP contribution is -2.17. The first-order valence-electron chi connectivity index (χ1n) is 6.04. The van der Waals surface area contributed by atoms with E-state index in [-0.39, 0.29) is 22.7 Å². The standard InChI is InChI=1S/C14H14N2O4S/c15-11-6-7-13(12(8-11)14(17)18)16-21(19,20)9-10-4-2-1-3-5-10/h1-8,16H,9,15H2,(H,17,18). The van der Waals surface area contributed by atoms with Crippen LogP contribution in [0.5, 0.6) is 0 Å². The molecule has 0 heterocycles. The maximum atomic E-state index is 12.1. The van der Waals surface area contributed by atoms with Crippen molar-refractivity contribution < 1.29 is 18.3 Å². The molecule has 21 heavy (non-hydrogen) atoms. The monoisotopic (exact) mass is 306 g/mol. The number of carboxylic acids is 1. The molecule has 0 unspecified atom stereocenters. The fraction of sp³-hybridized carbons (Fsp3) is 0.0714. The van der Waals surface area contributed by atoms with E-state index in [9.17, 15) is 13.2 Å². The number of nitrogens with one attached hydrogen (secondary N) is 1. The van der Waals surface area contributed by atoms with Gasteiger partial charge in [-0.1, -0.05) is 30.3 Å². The summed E-state index contributed by atoms with van der Waals surface area (Å²) in [5, 5.41) is 9.09. The molecule has 0 radical (unpaired) electrons. The van der Waals surface area contributed by atoms with Crippen LogP contribution in [0.4, 0.5) is 11.4 Å². The van der Waals surface area contributed by atoms with Crippen LogP contribution in [0.2, 0.25) is 0 Å². The molecular weight excluding hydrogens is 292 g/mol. The van der Waals surface area contributed by atoms with E-state index in [4.69, 9.17) is 10.8 Å². The largest absolute Gasteiger partial charge is 0.478 e. The second-order valence-electron chi connectivity index (χ2n) is 4.46. The third-order valence-electron chi connectivity index (χ3n) is 2.74. The van der Waals surface area contributed by atoms with Gasteiger partial charge in [0.25, 0.3) is 0 Å². The molecule has 0 spiro atoms. The van der Waals surface area contributed by atoms with Gasteiger partial charge < -0.3 is 10.8 Å². The number of hydrogen-bond donors (Lipinski definition) is 3. The molecule has 2 aromatic rings. The van der Waals surface area contributed by atoms with Gasteiger partial charge in [-0.15, -0.1) is 0 Å². The van der Waals surface area contributed by atoms with Crippen LogP contribution in [0.25, 0.3) is 0 Å². The van der Waals surface area contributed by atoms with Gasteiger partial charge in [-0.2, -0.15) is 0 Å². The van der Waals surface area contributed by atoms with E-state index >= 15 is 0 Å². The van der Waals surface area contributed by atoms with E-state index in [1.807, 2.05) is 0 Å². The summed E-state index contributed by atoms with van der Waals surface area (Å²) in [5.74, 6) is -1.49. The molecular formula is C14H14N2O4S. The number of aromatic carboxylic acids is 1. The van der Waals surface area contributed by atoms with Gasteiger partial charge >= 0.3 is 5.97 Å². The van der Waals surface area contributed by atoms with Crippen molar-refractivity contribution in [2.45, 2.75) is 5.75 Å². The van der Waals surface area contributed by atoms with Gasteiger partial charge in [0.2, 0.25) is 10.0 Å². The first-order valence-corrected chi connectivity index (χ1v) is 7.70. The summed E-state index contributed by atoms with van der Waals surface area (Å²) in [6.07, 6.45) is 0. The summed E-state index contributed by atoms with van der Waals surface area (Å²) >= 11 is 0. The third-order valence-corrected chi connectivity index (χ3v) is 3.98. The van der Waals surface area contributed by atoms with Crippen LogP contribution in [-0.2, 0) is 15.8 Å². The fourth-order valence-corrected chi connectivity index (χ4v) is 3.04. The Morgan fingerprint density at radius 1 is 1.14 bits per heavy atom. The van der Waals surface area contributed by atoms with Crippen molar-refractivity contribution in [2.24, 2.45) is 0 Å². The number of anilines is 2. The second kappa shape index (κ2) is 5.84. The number of nitrogens with two attached hydrogens (primary N) is 1.